The third-order valence-electron chi connectivity index (χ3n) is 9.74. The number of aliphatic hydroxyl groups excluding tert-OH is 1. The zero-order valence-electron chi connectivity index (χ0n) is 20.5. The Labute approximate surface area is 207 Å². The fourth-order valence-corrected chi connectivity index (χ4v) is 8.33. The summed E-state index contributed by atoms with van der Waals surface area (Å²) in [5.74, 6) is 3.16. The number of hydrogen-bond acceptors (Lipinski definition) is 4. The van der Waals surface area contributed by atoms with E-state index in [2.05, 4.69) is 34.5 Å². The molecule has 4 bridgehead atoms. The van der Waals surface area contributed by atoms with Gasteiger partial charge in [0.2, 0.25) is 5.88 Å². The second kappa shape index (κ2) is 9.27. The predicted molar refractivity (Wildman–Crippen MR) is 133 cm³/mol. The summed E-state index contributed by atoms with van der Waals surface area (Å²) in [5, 5.41) is 27.6. The molecule has 1 aromatic carbocycles. The molecule has 0 radical (unpaired) electrons. The second-order valence-electron chi connectivity index (χ2n) is 12.2. The van der Waals surface area contributed by atoms with Crippen LogP contribution in [-0.4, -0.2) is 39.1 Å². The quantitative estimate of drug-likeness (QED) is 0.447. The van der Waals surface area contributed by atoms with E-state index in [4.69, 9.17) is 9.84 Å². The van der Waals surface area contributed by atoms with Gasteiger partial charge < -0.3 is 14.9 Å². The molecular formula is C29H38N2O4. The minimum atomic E-state index is -0.678. The monoisotopic (exact) mass is 478 g/mol. The lowest BCUT2D eigenvalue weighted by atomic mass is 9.48. The van der Waals surface area contributed by atoms with Crippen molar-refractivity contribution in [2.75, 3.05) is 6.61 Å². The van der Waals surface area contributed by atoms with Crippen LogP contribution in [0.3, 0.4) is 0 Å². The standard InChI is InChI=1S/C29H38N2O4/c32-26(29-14-19-9-20(15-29)11-21(10-19)16-29)17-35-27-13-25(30-31-27)24-7-5-23(6-8-24)22-3-1-18(2-4-22)12-28(33)34/h5-8,13,18-22,26,32H,1-4,9-12,14-17H2,(H,30,31)(H,33,34)/t18-,19?,20?,21?,22-,26?,29?. The summed E-state index contributed by atoms with van der Waals surface area (Å²) in [6.45, 7) is 0.319. The van der Waals surface area contributed by atoms with Crippen molar-refractivity contribution in [2.24, 2.45) is 29.1 Å². The average Bonchev–Trinajstić information content (AvgIpc) is 3.31. The van der Waals surface area contributed by atoms with Crippen LogP contribution in [0.4, 0.5) is 0 Å². The molecule has 0 aliphatic heterocycles. The lowest BCUT2D eigenvalue weighted by Crippen LogP contribution is -2.53. The molecule has 2 aromatic rings. The Bertz CT molecular complexity index is 1000. The Kier molecular flexibility index (Phi) is 6.11. The fourth-order valence-electron chi connectivity index (χ4n) is 8.33. The number of rotatable bonds is 8. The summed E-state index contributed by atoms with van der Waals surface area (Å²) in [6, 6.07) is 10.6. The van der Waals surface area contributed by atoms with Gasteiger partial charge in [0.25, 0.3) is 0 Å². The van der Waals surface area contributed by atoms with Gasteiger partial charge >= 0.3 is 5.97 Å². The molecule has 6 heteroatoms. The Morgan fingerprint density at radius 2 is 1.66 bits per heavy atom. The molecule has 5 aliphatic carbocycles. The molecule has 1 heterocycles. The highest BCUT2D eigenvalue weighted by molar-refractivity contribution is 5.67. The highest BCUT2D eigenvalue weighted by Gasteiger charge is 2.54. The molecule has 6 nitrogen and oxygen atoms in total. The number of carboxylic acid groups (broad SMARTS) is 1. The first-order chi connectivity index (χ1) is 17.0. The van der Waals surface area contributed by atoms with Crippen LogP contribution in [0.2, 0.25) is 0 Å². The zero-order chi connectivity index (χ0) is 24.0. The number of hydrogen-bond donors (Lipinski definition) is 3. The molecule has 7 rings (SSSR count). The van der Waals surface area contributed by atoms with Crippen molar-refractivity contribution in [3.05, 3.63) is 35.9 Å². The predicted octanol–water partition coefficient (Wildman–Crippen LogP) is 5.78. The van der Waals surface area contributed by atoms with Gasteiger partial charge in [0.05, 0.1) is 11.8 Å². The Hall–Kier alpha value is -2.34. The largest absolute Gasteiger partial charge is 0.481 e. The van der Waals surface area contributed by atoms with Crippen molar-refractivity contribution in [1.29, 1.82) is 0 Å². The summed E-state index contributed by atoms with van der Waals surface area (Å²) < 4.78 is 5.98. The zero-order valence-corrected chi connectivity index (χ0v) is 20.5. The van der Waals surface area contributed by atoms with Crippen LogP contribution in [0.5, 0.6) is 5.88 Å². The average molecular weight is 479 g/mol. The van der Waals surface area contributed by atoms with Gasteiger partial charge in [-0.3, -0.25) is 9.89 Å². The number of benzene rings is 1. The van der Waals surface area contributed by atoms with Gasteiger partial charge in [0.15, 0.2) is 0 Å². The maximum absolute atomic E-state index is 11.1. The van der Waals surface area contributed by atoms with Crippen LogP contribution in [0.1, 0.15) is 82.1 Å². The van der Waals surface area contributed by atoms with E-state index in [1.54, 1.807) is 0 Å². The Balaban J connectivity index is 1.03. The van der Waals surface area contributed by atoms with Crippen molar-refractivity contribution in [2.45, 2.75) is 82.7 Å². The second-order valence-corrected chi connectivity index (χ2v) is 12.2. The first-order valence-corrected chi connectivity index (χ1v) is 13.6. The summed E-state index contributed by atoms with van der Waals surface area (Å²) in [5.41, 5.74) is 3.38. The molecule has 0 saturated heterocycles. The molecule has 35 heavy (non-hydrogen) atoms. The Morgan fingerprint density at radius 1 is 1.03 bits per heavy atom. The summed E-state index contributed by atoms with van der Waals surface area (Å²) in [4.78, 5) is 11.0. The summed E-state index contributed by atoms with van der Waals surface area (Å²) in [6.07, 6.45) is 11.6. The van der Waals surface area contributed by atoms with Crippen molar-refractivity contribution < 1.29 is 19.7 Å². The molecule has 0 spiro atoms. The number of carbonyl (C=O) groups is 1. The van der Waals surface area contributed by atoms with Gasteiger partial charge in [-0.25, -0.2) is 0 Å². The van der Waals surface area contributed by atoms with Crippen LogP contribution in [0, 0.1) is 29.1 Å². The van der Waals surface area contributed by atoms with Crippen LogP contribution in [0.15, 0.2) is 30.3 Å². The fraction of sp³-hybridized carbons (Fsp3) is 0.655. The van der Waals surface area contributed by atoms with Crippen LogP contribution >= 0.6 is 0 Å². The number of aliphatic hydroxyl groups is 1. The van der Waals surface area contributed by atoms with Gasteiger partial charge in [0.1, 0.15) is 6.61 Å². The lowest BCUT2D eigenvalue weighted by Gasteiger charge is -2.58. The number of carboxylic acids is 1. The van der Waals surface area contributed by atoms with Crippen molar-refractivity contribution in [1.82, 2.24) is 10.2 Å². The highest BCUT2D eigenvalue weighted by atomic mass is 16.5. The van der Waals surface area contributed by atoms with Crippen LogP contribution < -0.4 is 4.74 Å². The smallest absolute Gasteiger partial charge is 0.303 e. The van der Waals surface area contributed by atoms with E-state index in [1.165, 1.54) is 44.1 Å². The lowest BCUT2D eigenvalue weighted by molar-refractivity contribution is -0.138. The number of aromatic amines is 1. The summed E-state index contributed by atoms with van der Waals surface area (Å²) >= 11 is 0. The van der Waals surface area contributed by atoms with Gasteiger partial charge in [-0.2, -0.15) is 0 Å². The molecule has 5 fully saturated rings. The van der Waals surface area contributed by atoms with E-state index < -0.39 is 12.1 Å². The third kappa shape index (κ3) is 4.74. The molecule has 1 unspecified atom stereocenters. The molecule has 5 aliphatic rings. The molecule has 1 aromatic heterocycles. The minimum absolute atomic E-state index is 0.0660. The first-order valence-electron chi connectivity index (χ1n) is 13.6. The van der Waals surface area contributed by atoms with E-state index in [1.807, 2.05) is 6.07 Å². The van der Waals surface area contributed by atoms with E-state index >= 15 is 0 Å². The first kappa shape index (κ1) is 23.1. The number of nitrogens with one attached hydrogen (secondary N) is 1. The van der Waals surface area contributed by atoms with Crippen LogP contribution in [0.25, 0.3) is 11.3 Å². The van der Waals surface area contributed by atoms with E-state index in [9.17, 15) is 9.90 Å². The molecule has 188 valence electrons. The number of aliphatic carboxylic acids is 1. The van der Waals surface area contributed by atoms with Crippen molar-refractivity contribution >= 4 is 5.97 Å². The van der Waals surface area contributed by atoms with Gasteiger partial charge in [0, 0.05) is 17.9 Å². The van der Waals surface area contributed by atoms with E-state index in [-0.39, 0.29) is 5.41 Å². The topological polar surface area (TPSA) is 95.4 Å². The number of aromatic nitrogens is 2. The SMILES string of the molecule is O=C(O)C[C@H]1CC[C@H](c2ccc(-c3cc(OCC(O)C45CC6CC(CC(C6)C4)C5)n[nH]3)cc2)CC1. The van der Waals surface area contributed by atoms with Crippen LogP contribution in [-0.2, 0) is 4.79 Å². The number of nitrogens with zero attached hydrogens (tertiary/aromatic N) is 1. The molecule has 3 N–H and O–H groups in total. The highest BCUT2D eigenvalue weighted by Crippen LogP contribution is 2.61. The number of ether oxygens (including phenoxy) is 1. The molecular weight excluding hydrogens is 440 g/mol. The Morgan fingerprint density at radius 3 is 2.26 bits per heavy atom. The normalized spacial score (nSPS) is 34.6. The van der Waals surface area contributed by atoms with Gasteiger partial charge in [-0.1, -0.05) is 24.3 Å². The third-order valence-corrected chi connectivity index (χ3v) is 9.74. The molecule has 0 amide bonds. The molecule has 1 atom stereocenters. The summed E-state index contributed by atoms with van der Waals surface area (Å²) in [7, 11) is 0. The maximum atomic E-state index is 11.1. The van der Waals surface area contributed by atoms with Gasteiger partial charge in [-0.05, 0) is 105 Å². The van der Waals surface area contributed by atoms with Crippen molar-refractivity contribution in [3.8, 4) is 17.1 Å². The van der Waals surface area contributed by atoms with E-state index in [0.717, 1.165) is 54.7 Å². The maximum Gasteiger partial charge on any atom is 0.303 e. The number of H-pyrrole nitrogens is 1. The van der Waals surface area contributed by atoms with E-state index in [0.29, 0.717) is 30.7 Å². The minimum Gasteiger partial charge on any atom is -0.481 e. The van der Waals surface area contributed by atoms with Crippen molar-refractivity contribution in [3.63, 3.8) is 0 Å². The molecule has 5 saturated carbocycles. The van der Waals surface area contributed by atoms with Gasteiger partial charge in [-0.15, -0.1) is 5.10 Å².